The van der Waals surface area contributed by atoms with Crippen molar-refractivity contribution in [3.8, 4) is 0 Å². The molecule has 1 atom stereocenters. The third-order valence-electron chi connectivity index (χ3n) is 7.19. The minimum absolute atomic E-state index is 0.127. The lowest BCUT2D eigenvalue weighted by Crippen LogP contribution is -2.57. The Bertz CT molecular complexity index is 1210. The molecule has 186 valence electrons. The van der Waals surface area contributed by atoms with Crippen molar-refractivity contribution >= 4 is 44.5 Å². The van der Waals surface area contributed by atoms with Crippen LogP contribution in [0.25, 0.3) is 0 Å². The summed E-state index contributed by atoms with van der Waals surface area (Å²) in [5.74, 6) is 1.41. The van der Waals surface area contributed by atoms with Crippen LogP contribution < -0.4 is 10.6 Å². The first kappa shape index (κ1) is 24.3. The van der Waals surface area contributed by atoms with Crippen molar-refractivity contribution in [2.24, 2.45) is 5.92 Å². The Hall–Kier alpha value is -1.39. The summed E-state index contributed by atoms with van der Waals surface area (Å²) < 4.78 is 35.4. The van der Waals surface area contributed by atoms with E-state index in [1.54, 1.807) is 16.4 Å². The molecule has 34 heavy (non-hydrogen) atoms. The molecule has 1 saturated heterocycles. The number of anilines is 2. The molecule has 1 saturated carbocycles. The van der Waals surface area contributed by atoms with E-state index in [2.05, 4.69) is 32.6 Å². The smallest absolute Gasteiger partial charge is 0.252 e. The molecule has 0 radical (unpaired) electrons. The number of fused-ring (bicyclic) bond motifs is 1. The van der Waals surface area contributed by atoms with Crippen LogP contribution in [0.15, 0.2) is 16.3 Å². The lowest BCUT2D eigenvalue weighted by molar-refractivity contribution is -0.0404. The number of halogens is 1. The molecule has 4 heterocycles. The summed E-state index contributed by atoms with van der Waals surface area (Å²) in [5.41, 5.74) is 10.7. The molecule has 7 nitrogen and oxygen atoms in total. The van der Waals surface area contributed by atoms with E-state index in [1.165, 1.54) is 5.56 Å². The highest BCUT2D eigenvalue weighted by Crippen LogP contribution is 2.47. The van der Waals surface area contributed by atoms with Gasteiger partial charge in [-0.1, -0.05) is 25.4 Å². The Morgan fingerprint density at radius 3 is 2.59 bits per heavy atom. The van der Waals surface area contributed by atoms with Gasteiger partial charge in [0, 0.05) is 43.6 Å². The van der Waals surface area contributed by atoms with E-state index in [0.717, 1.165) is 53.4 Å². The minimum atomic E-state index is -3.62. The molecule has 2 aromatic rings. The molecule has 0 amide bonds. The van der Waals surface area contributed by atoms with Gasteiger partial charge in [-0.15, -0.1) is 11.3 Å². The highest BCUT2D eigenvalue weighted by Gasteiger charge is 2.41. The second-order valence-corrected chi connectivity index (χ2v) is 14.5. The maximum atomic E-state index is 13.4. The van der Waals surface area contributed by atoms with Crippen LogP contribution in [0.2, 0.25) is 4.34 Å². The number of sulfonamides is 1. The van der Waals surface area contributed by atoms with Crippen LogP contribution in [0.5, 0.6) is 0 Å². The summed E-state index contributed by atoms with van der Waals surface area (Å²) in [6.07, 6.45) is 3.05. The van der Waals surface area contributed by atoms with Gasteiger partial charge in [-0.05, 0) is 50.3 Å². The van der Waals surface area contributed by atoms with Gasteiger partial charge in [-0.3, -0.25) is 0 Å². The average molecular weight is 525 g/mol. The first-order valence-electron chi connectivity index (χ1n) is 11.9. The molecule has 0 spiro atoms. The van der Waals surface area contributed by atoms with Gasteiger partial charge in [0.25, 0.3) is 10.0 Å². The molecule has 10 heteroatoms. The van der Waals surface area contributed by atoms with Crippen molar-refractivity contribution in [2.75, 3.05) is 30.3 Å². The number of ether oxygens (including phenoxy) is 1. The SMILES string of the molecule is CC(C)[C@@H]1CN(c2nc(C3CC3)c3c(c2N)CC(C)(C)OC3)CCN1S(=O)(=O)c1ccc(Cl)s1. The Kier molecular flexibility index (Phi) is 6.16. The maximum Gasteiger partial charge on any atom is 0.252 e. The Balaban J connectivity index is 1.49. The Morgan fingerprint density at radius 1 is 1.24 bits per heavy atom. The molecule has 2 aliphatic heterocycles. The lowest BCUT2D eigenvalue weighted by Gasteiger charge is -2.43. The predicted octanol–water partition coefficient (Wildman–Crippen LogP) is 4.64. The number of thiophene rings is 1. The Morgan fingerprint density at radius 2 is 1.97 bits per heavy atom. The van der Waals surface area contributed by atoms with E-state index in [-0.39, 0.29) is 17.6 Å². The summed E-state index contributed by atoms with van der Waals surface area (Å²) in [5, 5.41) is 0. The van der Waals surface area contributed by atoms with E-state index in [0.29, 0.717) is 40.7 Å². The van der Waals surface area contributed by atoms with Crippen LogP contribution in [0.1, 0.15) is 63.3 Å². The fourth-order valence-electron chi connectivity index (χ4n) is 5.12. The van der Waals surface area contributed by atoms with Crippen molar-refractivity contribution in [1.29, 1.82) is 0 Å². The number of hydrogen-bond acceptors (Lipinski definition) is 7. The van der Waals surface area contributed by atoms with Crippen LogP contribution in [-0.4, -0.2) is 49.0 Å². The van der Waals surface area contributed by atoms with Crippen molar-refractivity contribution < 1.29 is 13.2 Å². The third-order valence-corrected chi connectivity index (χ3v) is 10.8. The number of nitrogens with two attached hydrogens (primary N) is 1. The van der Waals surface area contributed by atoms with Crippen molar-refractivity contribution in [3.05, 3.63) is 33.3 Å². The number of pyridine rings is 1. The Labute approximate surface area is 211 Å². The quantitative estimate of drug-likeness (QED) is 0.612. The van der Waals surface area contributed by atoms with Crippen molar-refractivity contribution in [2.45, 2.75) is 75.3 Å². The second-order valence-electron chi connectivity index (χ2n) is 10.6. The molecule has 0 unspecified atom stereocenters. The van der Waals surface area contributed by atoms with Crippen LogP contribution in [0.4, 0.5) is 11.5 Å². The number of nitrogen functional groups attached to an aromatic ring is 1. The van der Waals surface area contributed by atoms with Crippen molar-refractivity contribution in [1.82, 2.24) is 9.29 Å². The van der Waals surface area contributed by atoms with Gasteiger partial charge in [-0.2, -0.15) is 4.31 Å². The number of piperazine rings is 1. The van der Waals surface area contributed by atoms with Gasteiger partial charge in [0.1, 0.15) is 4.21 Å². The molecule has 5 rings (SSSR count). The molecule has 1 aliphatic carbocycles. The normalized spacial score (nSPS) is 23.4. The summed E-state index contributed by atoms with van der Waals surface area (Å²) in [6, 6.07) is 3.05. The molecule has 0 bridgehead atoms. The van der Waals surface area contributed by atoms with Gasteiger partial charge < -0.3 is 15.4 Å². The van der Waals surface area contributed by atoms with Gasteiger partial charge in [0.2, 0.25) is 0 Å². The molecular formula is C24H33ClN4O3S2. The summed E-state index contributed by atoms with van der Waals surface area (Å²) in [6.45, 7) is 10.4. The molecule has 0 aromatic carbocycles. The second kappa shape index (κ2) is 8.62. The fraction of sp³-hybridized carbons (Fsp3) is 0.625. The van der Waals surface area contributed by atoms with Crippen LogP contribution in [0.3, 0.4) is 0 Å². The van der Waals surface area contributed by atoms with Gasteiger partial charge in [-0.25, -0.2) is 13.4 Å². The first-order chi connectivity index (χ1) is 16.0. The van der Waals surface area contributed by atoms with E-state index in [9.17, 15) is 8.42 Å². The van der Waals surface area contributed by atoms with E-state index < -0.39 is 10.0 Å². The number of aromatic nitrogens is 1. The van der Waals surface area contributed by atoms with Gasteiger partial charge in [0.05, 0.1) is 27.9 Å². The lowest BCUT2D eigenvalue weighted by atomic mass is 9.89. The number of rotatable bonds is 5. The van der Waals surface area contributed by atoms with E-state index in [4.69, 9.17) is 27.1 Å². The highest BCUT2D eigenvalue weighted by molar-refractivity contribution is 7.91. The molecule has 2 aromatic heterocycles. The molecule has 2 N–H and O–H groups in total. The zero-order chi connectivity index (χ0) is 24.4. The minimum Gasteiger partial charge on any atom is -0.395 e. The molecular weight excluding hydrogens is 492 g/mol. The van der Waals surface area contributed by atoms with Gasteiger partial charge >= 0.3 is 0 Å². The summed E-state index contributed by atoms with van der Waals surface area (Å²) >= 11 is 7.15. The van der Waals surface area contributed by atoms with E-state index >= 15 is 0 Å². The zero-order valence-corrected chi connectivity index (χ0v) is 22.6. The zero-order valence-electron chi connectivity index (χ0n) is 20.2. The standard InChI is InChI=1S/C24H33ClN4O3S2/c1-14(2)18-12-28(9-10-29(18)34(30,31)20-8-7-19(25)33-20)23-21(26)16-11-24(3,4)32-13-17(16)22(27-23)15-5-6-15/h7-8,14-15,18H,5-6,9-13,26H2,1-4H3/t18-/m0/s1. The van der Waals surface area contributed by atoms with Crippen molar-refractivity contribution in [3.63, 3.8) is 0 Å². The summed E-state index contributed by atoms with van der Waals surface area (Å²) in [4.78, 5) is 7.30. The van der Waals surface area contributed by atoms with E-state index in [1.807, 2.05) is 0 Å². The number of hydrogen-bond donors (Lipinski definition) is 1. The molecule has 2 fully saturated rings. The van der Waals surface area contributed by atoms with Crippen LogP contribution in [0, 0.1) is 5.92 Å². The average Bonchev–Trinajstić information content (AvgIpc) is 3.52. The number of nitrogens with zero attached hydrogens (tertiary/aromatic N) is 3. The topological polar surface area (TPSA) is 88.8 Å². The fourth-order valence-corrected chi connectivity index (χ4v) is 8.47. The summed E-state index contributed by atoms with van der Waals surface area (Å²) in [7, 11) is -3.62. The van der Waals surface area contributed by atoms with Crippen LogP contribution in [-0.2, 0) is 27.8 Å². The van der Waals surface area contributed by atoms with Gasteiger partial charge in [0.15, 0.2) is 5.82 Å². The highest BCUT2D eigenvalue weighted by atomic mass is 35.5. The first-order valence-corrected chi connectivity index (χ1v) is 14.6. The maximum absolute atomic E-state index is 13.4. The largest absolute Gasteiger partial charge is 0.395 e. The predicted molar refractivity (Wildman–Crippen MR) is 137 cm³/mol. The third kappa shape index (κ3) is 4.34. The monoisotopic (exact) mass is 524 g/mol. The van der Waals surface area contributed by atoms with Crippen LogP contribution >= 0.6 is 22.9 Å². The molecule has 3 aliphatic rings.